The van der Waals surface area contributed by atoms with E-state index in [-0.39, 0.29) is 0 Å². The van der Waals surface area contributed by atoms with Crippen LogP contribution in [0.3, 0.4) is 0 Å². The number of fused-ring (bicyclic) bond motifs is 1. The van der Waals surface area contributed by atoms with E-state index in [1.54, 1.807) is 12.2 Å². The summed E-state index contributed by atoms with van der Waals surface area (Å²) in [6.07, 6.45) is 23.6. The van der Waals surface area contributed by atoms with Crippen molar-refractivity contribution >= 4 is 59.4 Å². The number of allylic oxidation sites excluding steroid dienone is 13. The van der Waals surface area contributed by atoms with E-state index < -0.39 is 0 Å². The molecule has 0 saturated carbocycles. The highest BCUT2D eigenvalue weighted by Crippen LogP contribution is 2.33. The van der Waals surface area contributed by atoms with Gasteiger partial charge in [0.25, 0.3) is 0 Å². The fourth-order valence-corrected chi connectivity index (χ4v) is 7.68. The zero-order valence-corrected chi connectivity index (χ0v) is 38.3. The first-order valence-corrected chi connectivity index (χ1v) is 21.8. The third-order valence-electron chi connectivity index (χ3n) is 11.0. The van der Waals surface area contributed by atoms with Gasteiger partial charge in [-0.2, -0.15) is 0 Å². The zero-order chi connectivity index (χ0) is 46.0. The van der Waals surface area contributed by atoms with Crippen LogP contribution in [0.2, 0.25) is 6.82 Å². The zero-order valence-electron chi connectivity index (χ0n) is 38.3. The lowest BCUT2D eigenvalue weighted by Crippen LogP contribution is -2.21. The highest BCUT2D eigenvalue weighted by molar-refractivity contribution is 6.46. The molecule has 0 amide bonds. The number of hydrogen-bond acceptors (Lipinski definition) is 7. The minimum Gasteiger partial charge on any atom is -0.436 e. The summed E-state index contributed by atoms with van der Waals surface area (Å²) in [5, 5.41) is 0.671. The molecule has 0 aliphatic rings. The molecule has 0 unspecified atom stereocenters. The summed E-state index contributed by atoms with van der Waals surface area (Å²) in [6, 6.07) is 25.9. The third-order valence-corrected chi connectivity index (χ3v) is 11.0. The Morgan fingerprint density at radius 3 is 2.06 bits per heavy atom. The first-order valence-electron chi connectivity index (χ1n) is 21.8. The van der Waals surface area contributed by atoms with Gasteiger partial charge in [-0.25, -0.2) is 24.9 Å². The van der Waals surface area contributed by atoms with E-state index in [1.807, 2.05) is 124 Å². The van der Waals surface area contributed by atoms with Crippen molar-refractivity contribution in [1.29, 1.82) is 0 Å². The molecule has 322 valence electrons. The molecule has 0 aliphatic carbocycles. The average molecular weight is 853 g/mol. The van der Waals surface area contributed by atoms with Gasteiger partial charge in [0.05, 0.1) is 0 Å². The van der Waals surface area contributed by atoms with Gasteiger partial charge >= 0.3 is 0 Å². The van der Waals surface area contributed by atoms with Gasteiger partial charge in [0.2, 0.25) is 11.8 Å². The maximum absolute atomic E-state index is 6.53. The Kier molecular flexibility index (Phi) is 14.2. The van der Waals surface area contributed by atoms with Crippen LogP contribution in [0.4, 0.5) is 0 Å². The van der Waals surface area contributed by atoms with Crippen molar-refractivity contribution in [3.8, 4) is 28.5 Å². The molecule has 0 radical (unpaired) electrons. The topological polar surface area (TPSA) is 95.7 Å². The molecule has 0 spiro atoms. The molecule has 0 N–H and O–H groups in total. The standard InChI is InChI=1S/C56H53BN6O2/c1-11-16-25-40(14-4)55-59-48-34-44(30-31-50(48)64-55)63-39(9)45(38(8)49(63)24-13-3)35-46(57-10)36(6)32-43(23-12-2)56-58-47(15-5)51(65-56)33-37(7)52-60-53(41-26-19-17-20-27-41)62-54(61-52)42-28-21-18-22-29-42/h11-35,57H,1-2,7H2,3-6,8-10H3/b24-13-,25-16-,36-32+,40-14+,43-23+,46-35-,47-15+,51-33+. The molecule has 65 heavy (non-hydrogen) atoms. The van der Waals surface area contributed by atoms with Crippen molar-refractivity contribution in [3.63, 3.8) is 0 Å². The van der Waals surface area contributed by atoms with Crippen LogP contribution in [-0.4, -0.2) is 36.8 Å². The summed E-state index contributed by atoms with van der Waals surface area (Å²) >= 11 is 0. The van der Waals surface area contributed by atoms with E-state index in [2.05, 4.69) is 88.3 Å². The van der Waals surface area contributed by atoms with Crippen LogP contribution in [0.1, 0.15) is 67.8 Å². The predicted molar refractivity (Wildman–Crippen MR) is 274 cm³/mol. The third kappa shape index (κ3) is 9.85. The summed E-state index contributed by atoms with van der Waals surface area (Å²) in [5.41, 5.74) is 13.8. The van der Waals surface area contributed by atoms with E-state index in [0.717, 1.165) is 68.9 Å². The van der Waals surface area contributed by atoms with Crippen LogP contribution in [0.5, 0.6) is 0 Å². The van der Waals surface area contributed by atoms with E-state index in [0.29, 0.717) is 45.6 Å². The lowest BCUT2D eigenvalue weighted by molar-refractivity contribution is 0.512. The molecule has 4 heterocycles. The molecular formula is C56H53BN6O2. The van der Waals surface area contributed by atoms with Crippen molar-refractivity contribution < 1.29 is 8.83 Å². The molecule has 3 aromatic carbocycles. The number of nitrogens with zero attached hydrogens (tertiary/aromatic N) is 6. The second-order valence-corrected chi connectivity index (χ2v) is 15.3. The van der Waals surface area contributed by atoms with Gasteiger partial charge in [-0.05, 0) is 95.2 Å². The van der Waals surface area contributed by atoms with Crippen LogP contribution in [0.15, 0.2) is 167 Å². The van der Waals surface area contributed by atoms with Gasteiger partial charge in [0.15, 0.2) is 35.8 Å². The number of hydrogen-bond donors (Lipinski definition) is 0. The maximum atomic E-state index is 6.53. The summed E-state index contributed by atoms with van der Waals surface area (Å²) < 4.78 is 15.0. The molecule has 7 aromatic rings. The lowest BCUT2D eigenvalue weighted by Gasteiger charge is -2.10. The Bertz CT molecular complexity index is 3190. The van der Waals surface area contributed by atoms with Crippen LogP contribution in [0.25, 0.3) is 80.6 Å². The molecule has 7 rings (SSSR count). The van der Waals surface area contributed by atoms with Crippen molar-refractivity contribution in [2.24, 2.45) is 0 Å². The minimum absolute atomic E-state index is 0.438. The number of rotatable bonds is 15. The van der Waals surface area contributed by atoms with Gasteiger partial charge < -0.3 is 13.4 Å². The molecular weight excluding hydrogens is 799 g/mol. The first-order chi connectivity index (χ1) is 31.6. The molecule has 0 atom stereocenters. The summed E-state index contributed by atoms with van der Waals surface area (Å²) in [5.74, 6) is 2.57. The average Bonchev–Trinajstić information content (AvgIpc) is 4.01. The molecule has 8 nitrogen and oxygen atoms in total. The lowest BCUT2D eigenvalue weighted by atomic mass is 9.68. The normalized spacial score (nSPS) is 13.5. The summed E-state index contributed by atoms with van der Waals surface area (Å²) in [6.45, 7) is 26.8. The fraction of sp³-hybridized carbons (Fsp3) is 0.125. The smallest absolute Gasteiger partial charge is 0.227 e. The van der Waals surface area contributed by atoms with E-state index >= 15 is 0 Å². The van der Waals surface area contributed by atoms with Crippen molar-refractivity contribution in [3.05, 3.63) is 209 Å². The Morgan fingerprint density at radius 1 is 0.785 bits per heavy atom. The Balaban J connectivity index is 1.24. The first kappa shape index (κ1) is 45.1. The van der Waals surface area contributed by atoms with E-state index in [4.69, 9.17) is 33.8 Å². The van der Waals surface area contributed by atoms with Crippen molar-refractivity contribution in [2.45, 2.75) is 48.4 Å². The Labute approximate surface area is 382 Å². The molecule has 0 fully saturated rings. The predicted octanol–water partition coefficient (Wildman–Crippen LogP) is 12.3. The second-order valence-electron chi connectivity index (χ2n) is 15.3. The van der Waals surface area contributed by atoms with Gasteiger partial charge in [-0.3, -0.25) is 0 Å². The Hall–Kier alpha value is -7.91. The van der Waals surface area contributed by atoms with Crippen molar-refractivity contribution in [2.75, 3.05) is 0 Å². The molecule has 4 aromatic heterocycles. The minimum atomic E-state index is 0.438. The van der Waals surface area contributed by atoms with Crippen LogP contribution >= 0.6 is 0 Å². The monoisotopic (exact) mass is 852 g/mol. The largest absolute Gasteiger partial charge is 0.436 e. The maximum Gasteiger partial charge on any atom is 0.227 e. The van der Waals surface area contributed by atoms with Crippen LogP contribution < -0.4 is 10.8 Å². The molecule has 0 aliphatic heterocycles. The summed E-state index contributed by atoms with van der Waals surface area (Å²) in [4.78, 5) is 24.3. The highest BCUT2D eigenvalue weighted by atomic mass is 16.4. The highest BCUT2D eigenvalue weighted by Gasteiger charge is 2.19. The molecule has 0 saturated heterocycles. The molecule has 9 heteroatoms. The number of oxazole rings is 2. The second kappa shape index (κ2) is 20.5. The van der Waals surface area contributed by atoms with Gasteiger partial charge in [0, 0.05) is 44.9 Å². The van der Waals surface area contributed by atoms with Crippen LogP contribution in [-0.2, 0) is 0 Å². The fourth-order valence-electron chi connectivity index (χ4n) is 7.68. The van der Waals surface area contributed by atoms with Crippen molar-refractivity contribution in [1.82, 2.24) is 29.5 Å². The summed E-state index contributed by atoms with van der Waals surface area (Å²) in [7, 11) is 0.800. The molecule has 0 bridgehead atoms. The number of aromatic nitrogens is 6. The van der Waals surface area contributed by atoms with Gasteiger partial charge in [0.1, 0.15) is 10.9 Å². The quantitative estimate of drug-likeness (QED) is 0.0748. The number of benzene rings is 3. The van der Waals surface area contributed by atoms with E-state index in [9.17, 15) is 0 Å². The van der Waals surface area contributed by atoms with E-state index in [1.165, 1.54) is 11.0 Å². The van der Waals surface area contributed by atoms with Crippen LogP contribution in [0, 0.1) is 13.8 Å². The SMILES string of the molecule is C=C/C=C\C(=C/C)c1nc2cc(-n3c(C)c(/C=C(BC)/C(C)=C/C(=C\C=C)c4nc(=C/C)/c(=C\C(=C)c5nc(-c6ccccc6)nc(-c6ccccc6)n5)o4)c(C)c3/C=C\C)ccc2o1. The van der Waals surface area contributed by atoms with Gasteiger partial charge in [-0.15, -0.1) is 0 Å². The Morgan fingerprint density at radius 2 is 1.46 bits per heavy atom. The van der Waals surface area contributed by atoms with Gasteiger partial charge in [-0.1, -0.05) is 147 Å².